The standard InChI is InChI=1S/C21H30N4O3S/c1-23-13-8-17-15-19(6-7-20(17)23)29(27,28)25-12-4-5-18(16-25)21(26)22-9-14-24-10-2-3-11-24/h6-8,13,15,18H,2-5,9-12,14,16H2,1H3,(H,22,26). The molecule has 2 saturated heterocycles. The number of piperidine rings is 1. The molecule has 158 valence electrons. The number of hydrogen-bond donors (Lipinski definition) is 1. The SMILES string of the molecule is Cn1ccc2cc(S(=O)(=O)N3CCCC(C(=O)NCCN4CCCC4)C3)ccc21. The number of rotatable bonds is 6. The first-order valence-electron chi connectivity index (χ1n) is 10.5. The topological polar surface area (TPSA) is 74.6 Å². The first-order valence-corrected chi connectivity index (χ1v) is 11.9. The zero-order chi connectivity index (χ0) is 20.4. The van der Waals surface area contributed by atoms with Gasteiger partial charge in [-0.15, -0.1) is 0 Å². The van der Waals surface area contributed by atoms with Gasteiger partial charge in [-0.1, -0.05) is 0 Å². The average Bonchev–Trinajstić information content (AvgIpc) is 3.38. The van der Waals surface area contributed by atoms with Gasteiger partial charge in [-0.3, -0.25) is 4.79 Å². The Labute approximate surface area is 172 Å². The summed E-state index contributed by atoms with van der Waals surface area (Å²) in [5.74, 6) is -0.305. The molecular weight excluding hydrogens is 388 g/mol. The molecule has 2 fully saturated rings. The van der Waals surface area contributed by atoms with Crippen LogP contribution in [0.4, 0.5) is 0 Å². The molecule has 4 rings (SSSR count). The van der Waals surface area contributed by atoms with E-state index in [0.717, 1.165) is 37.0 Å². The van der Waals surface area contributed by atoms with Crippen molar-refractivity contribution in [2.45, 2.75) is 30.6 Å². The van der Waals surface area contributed by atoms with Gasteiger partial charge in [0.25, 0.3) is 0 Å². The van der Waals surface area contributed by atoms with Crippen LogP contribution >= 0.6 is 0 Å². The van der Waals surface area contributed by atoms with Gasteiger partial charge in [0.05, 0.1) is 10.8 Å². The Morgan fingerprint density at radius 1 is 1.14 bits per heavy atom. The van der Waals surface area contributed by atoms with Gasteiger partial charge in [-0.25, -0.2) is 8.42 Å². The Balaban J connectivity index is 1.40. The van der Waals surface area contributed by atoms with Crippen LogP contribution in [0.5, 0.6) is 0 Å². The second-order valence-electron chi connectivity index (χ2n) is 8.19. The summed E-state index contributed by atoms with van der Waals surface area (Å²) in [4.78, 5) is 15.3. The van der Waals surface area contributed by atoms with Gasteiger partial charge in [0, 0.05) is 50.3 Å². The van der Waals surface area contributed by atoms with Crippen LogP contribution in [0.1, 0.15) is 25.7 Å². The summed E-state index contributed by atoms with van der Waals surface area (Å²) in [6, 6.07) is 7.15. The molecule has 0 radical (unpaired) electrons. The van der Waals surface area contributed by atoms with Crippen LogP contribution < -0.4 is 5.32 Å². The molecule has 1 amide bonds. The van der Waals surface area contributed by atoms with E-state index in [2.05, 4.69) is 10.2 Å². The molecule has 2 aromatic rings. The number of aromatic nitrogens is 1. The Kier molecular flexibility index (Phi) is 5.94. The zero-order valence-corrected chi connectivity index (χ0v) is 17.8. The van der Waals surface area contributed by atoms with E-state index in [9.17, 15) is 13.2 Å². The summed E-state index contributed by atoms with van der Waals surface area (Å²) < 4.78 is 29.8. The highest BCUT2D eigenvalue weighted by Crippen LogP contribution is 2.26. The molecule has 3 heterocycles. The number of carbonyl (C=O) groups excluding carboxylic acids is 1. The van der Waals surface area contributed by atoms with Crippen molar-refractivity contribution in [1.29, 1.82) is 0 Å². The molecule has 7 nitrogen and oxygen atoms in total. The van der Waals surface area contributed by atoms with Crippen molar-refractivity contribution in [3.63, 3.8) is 0 Å². The lowest BCUT2D eigenvalue weighted by Gasteiger charge is -2.31. The van der Waals surface area contributed by atoms with Gasteiger partial charge in [0.2, 0.25) is 15.9 Å². The molecule has 2 aliphatic rings. The van der Waals surface area contributed by atoms with Crippen molar-refractivity contribution < 1.29 is 13.2 Å². The predicted octanol–water partition coefficient (Wildman–Crippen LogP) is 1.79. The van der Waals surface area contributed by atoms with Gasteiger partial charge >= 0.3 is 0 Å². The molecule has 0 aliphatic carbocycles. The minimum absolute atomic E-state index is 0.0254. The van der Waals surface area contributed by atoms with Crippen LogP contribution in [0, 0.1) is 5.92 Å². The van der Waals surface area contributed by atoms with Crippen molar-refractivity contribution >= 4 is 26.8 Å². The maximum absolute atomic E-state index is 13.2. The fraction of sp³-hybridized carbons (Fsp3) is 0.571. The van der Waals surface area contributed by atoms with Gasteiger partial charge in [0.1, 0.15) is 0 Å². The number of nitrogens with one attached hydrogen (secondary N) is 1. The molecule has 1 atom stereocenters. The summed E-state index contributed by atoms with van der Waals surface area (Å²) in [7, 11) is -1.67. The minimum Gasteiger partial charge on any atom is -0.355 e. The van der Waals surface area contributed by atoms with E-state index in [1.54, 1.807) is 12.1 Å². The highest BCUT2D eigenvalue weighted by molar-refractivity contribution is 7.89. The van der Waals surface area contributed by atoms with Crippen molar-refractivity contribution in [3.05, 3.63) is 30.5 Å². The van der Waals surface area contributed by atoms with Crippen molar-refractivity contribution in [2.75, 3.05) is 39.3 Å². The summed E-state index contributed by atoms with van der Waals surface area (Å²) in [5.41, 5.74) is 0.998. The first kappa shape index (κ1) is 20.4. The quantitative estimate of drug-likeness (QED) is 0.776. The monoisotopic (exact) mass is 418 g/mol. The number of benzene rings is 1. The molecular formula is C21H30N4O3S. The van der Waals surface area contributed by atoms with E-state index in [1.807, 2.05) is 29.9 Å². The van der Waals surface area contributed by atoms with Gasteiger partial charge in [0.15, 0.2) is 0 Å². The molecule has 0 saturated carbocycles. The number of hydrogen-bond acceptors (Lipinski definition) is 4. The second kappa shape index (κ2) is 8.45. The normalized spacial score (nSPS) is 21.6. The summed E-state index contributed by atoms with van der Waals surface area (Å²) in [6.45, 7) is 4.44. The second-order valence-corrected chi connectivity index (χ2v) is 10.1. The molecule has 8 heteroatoms. The number of carbonyl (C=O) groups is 1. The van der Waals surface area contributed by atoms with Crippen LogP contribution in [-0.2, 0) is 21.9 Å². The Bertz CT molecular complexity index is 979. The Morgan fingerprint density at radius 3 is 2.72 bits per heavy atom. The van der Waals surface area contributed by atoms with Gasteiger partial charge in [-0.2, -0.15) is 4.31 Å². The van der Waals surface area contributed by atoms with E-state index >= 15 is 0 Å². The lowest BCUT2D eigenvalue weighted by Crippen LogP contribution is -2.46. The maximum Gasteiger partial charge on any atom is 0.243 e. The van der Waals surface area contributed by atoms with Crippen molar-refractivity contribution in [1.82, 2.24) is 19.1 Å². The zero-order valence-electron chi connectivity index (χ0n) is 17.0. The van der Waals surface area contributed by atoms with E-state index in [1.165, 1.54) is 17.1 Å². The molecule has 1 unspecified atom stereocenters. The third kappa shape index (κ3) is 4.34. The van der Waals surface area contributed by atoms with Crippen LogP contribution in [0.2, 0.25) is 0 Å². The van der Waals surface area contributed by atoms with Crippen molar-refractivity contribution in [2.24, 2.45) is 13.0 Å². The van der Waals surface area contributed by atoms with Crippen molar-refractivity contribution in [3.8, 4) is 0 Å². The first-order chi connectivity index (χ1) is 13.9. The lowest BCUT2D eigenvalue weighted by atomic mass is 9.99. The molecule has 0 spiro atoms. The number of aryl methyl sites for hydroxylation is 1. The predicted molar refractivity (Wildman–Crippen MR) is 113 cm³/mol. The fourth-order valence-corrected chi connectivity index (χ4v) is 5.99. The Morgan fingerprint density at radius 2 is 1.93 bits per heavy atom. The largest absolute Gasteiger partial charge is 0.355 e. The maximum atomic E-state index is 13.2. The highest BCUT2D eigenvalue weighted by atomic mass is 32.2. The van der Waals surface area contributed by atoms with E-state index < -0.39 is 10.0 Å². The lowest BCUT2D eigenvalue weighted by molar-refractivity contribution is -0.126. The van der Waals surface area contributed by atoms with E-state index in [-0.39, 0.29) is 18.4 Å². The molecule has 0 bridgehead atoms. The smallest absolute Gasteiger partial charge is 0.243 e. The Hall–Kier alpha value is -1.90. The van der Waals surface area contributed by atoms with E-state index in [0.29, 0.717) is 24.4 Å². The summed E-state index contributed by atoms with van der Waals surface area (Å²) >= 11 is 0. The van der Waals surface area contributed by atoms with Gasteiger partial charge < -0.3 is 14.8 Å². The molecule has 1 N–H and O–H groups in total. The van der Waals surface area contributed by atoms with Crippen LogP contribution in [-0.4, -0.2) is 67.4 Å². The fourth-order valence-electron chi connectivity index (χ4n) is 4.43. The molecule has 2 aliphatic heterocycles. The van der Waals surface area contributed by atoms with Crippen LogP contribution in [0.15, 0.2) is 35.4 Å². The summed E-state index contributed by atoms with van der Waals surface area (Å²) in [5, 5.41) is 3.92. The molecule has 1 aromatic heterocycles. The third-order valence-electron chi connectivity index (χ3n) is 6.18. The highest BCUT2D eigenvalue weighted by Gasteiger charge is 2.33. The van der Waals surface area contributed by atoms with E-state index in [4.69, 9.17) is 0 Å². The third-order valence-corrected chi connectivity index (χ3v) is 8.04. The number of likely N-dealkylation sites (tertiary alicyclic amines) is 1. The average molecular weight is 419 g/mol. The number of amides is 1. The molecule has 29 heavy (non-hydrogen) atoms. The van der Waals surface area contributed by atoms with Gasteiger partial charge in [-0.05, 0) is 63.0 Å². The number of nitrogens with zero attached hydrogens (tertiary/aromatic N) is 3. The van der Waals surface area contributed by atoms with Crippen LogP contribution in [0.3, 0.4) is 0 Å². The molecule has 1 aromatic carbocycles. The van der Waals surface area contributed by atoms with Crippen LogP contribution in [0.25, 0.3) is 10.9 Å². The number of sulfonamides is 1. The summed E-state index contributed by atoms with van der Waals surface area (Å²) in [6.07, 6.45) is 5.83. The minimum atomic E-state index is -3.61. The number of fused-ring (bicyclic) bond motifs is 1.